The number of fused-ring (bicyclic) bond motifs is 3. The van der Waals surface area contributed by atoms with E-state index < -0.39 is 29.1 Å². The van der Waals surface area contributed by atoms with Gasteiger partial charge >= 0.3 is 18.0 Å². The highest BCUT2D eigenvalue weighted by molar-refractivity contribution is 5.94. The molecule has 10 heteroatoms. The lowest BCUT2D eigenvalue weighted by molar-refractivity contribution is -0.0451. The molecule has 0 aromatic carbocycles. The van der Waals surface area contributed by atoms with Gasteiger partial charge in [0.2, 0.25) is 5.43 Å². The van der Waals surface area contributed by atoms with E-state index in [9.17, 15) is 19.2 Å². The molecule has 1 amide bonds. The molecule has 0 unspecified atom stereocenters. The summed E-state index contributed by atoms with van der Waals surface area (Å²) in [7, 11) is 0. The van der Waals surface area contributed by atoms with Gasteiger partial charge in [-0.25, -0.2) is 14.4 Å². The van der Waals surface area contributed by atoms with Crippen LogP contribution in [0.4, 0.5) is 4.79 Å². The summed E-state index contributed by atoms with van der Waals surface area (Å²) in [5.74, 6) is -1.57. The zero-order valence-electron chi connectivity index (χ0n) is 23.5. The van der Waals surface area contributed by atoms with Gasteiger partial charge in [-0.15, -0.1) is 0 Å². The number of piperidine rings is 2. The molecule has 212 valence electrons. The SMILES string of the molecule is CCCCOc1c(C(=O)OCC)n(C[C@H]2C3CCC(CC3)N2C(=O)OC(C)(C)C)cc(C(=O)OCC)c1=O. The Hall–Kier alpha value is -3.04. The molecule has 38 heavy (non-hydrogen) atoms. The van der Waals surface area contributed by atoms with Crippen molar-refractivity contribution in [1.29, 1.82) is 0 Å². The molecule has 1 aromatic rings. The van der Waals surface area contributed by atoms with Gasteiger partial charge in [-0.3, -0.25) is 4.79 Å². The van der Waals surface area contributed by atoms with Crippen molar-refractivity contribution in [3.05, 3.63) is 27.7 Å². The fourth-order valence-electron chi connectivity index (χ4n) is 5.30. The van der Waals surface area contributed by atoms with Crippen LogP contribution in [-0.4, -0.2) is 65.0 Å². The van der Waals surface area contributed by atoms with Crippen LogP contribution in [0.5, 0.6) is 5.75 Å². The van der Waals surface area contributed by atoms with E-state index in [1.165, 1.54) is 10.8 Å². The number of amides is 1. The first kappa shape index (κ1) is 29.5. The van der Waals surface area contributed by atoms with Crippen molar-refractivity contribution in [2.45, 2.75) is 104 Å². The average Bonchev–Trinajstić information content (AvgIpc) is 2.85. The molecule has 3 aliphatic rings. The maximum Gasteiger partial charge on any atom is 0.410 e. The number of hydrogen-bond donors (Lipinski definition) is 0. The quantitative estimate of drug-likeness (QED) is 0.244. The fourth-order valence-corrected chi connectivity index (χ4v) is 5.30. The van der Waals surface area contributed by atoms with Crippen molar-refractivity contribution in [3.8, 4) is 5.75 Å². The van der Waals surface area contributed by atoms with E-state index in [-0.39, 0.29) is 61.4 Å². The minimum atomic E-state index is -0.795. The van der Waals surface area contributed by atoms with Gasteiger partial charge in [-0.1, -0.05) is 13.3 Å². The largest absolute Gasteiger partial charge is 0.487 e. The van der Waals surface area contributed by atoms with Crippen molar-refractivity contribution in [3.63, 3.8) is 0 Å². The molecule has 1 atom stereocenters. The first-order valence-corrected chi connectivity index (χ1v) is 13.8. The van der Waals surface area contributed by atoms with Gasteiger partial charge in [0.15, 0.2) is 11.4 Å². The van der Waals surface area contributed by atoms with Gasteiger partial charge in [-0.2, -0.15) is 0 Å². The molecule has 2 saturated heterocycles. The highest BCUT2D eigenvalue weighted by atomic mass is 16.6. The number of unbranched alkanes of at least 4 members (excludes halogenated alkanes) is 1. The molecule has 2 bridgehead atoms. The second-order valence-electron chi connectivity index (χ2n) is 10.9. The lowest BCUT2D eigenvalue weighted by Crippen LogP contribution is -2.59. The number of nitrogens with zero attached hydrogens (tertiary/aromatic N) is 2. The van der Waals surface area contributed by atoms with Crippen LogP contribution in [0.25, 0.3) is 0 Å². The third-order valence-corrected chi connectivity index (χ3v) is 6.97. The third-order valence-electron chi connectivity index (χ3n) is 6.97. The summed E-state index contributed by atoms with van der Waals surface area (Å²) in [4.78, 5) is 54.5. The Morgan fingerprint density at radius 1 is 0.974 bits per heavy atom. The molecule has 1 aliphatic carbocycles. The summed E-state index contributed by atoms with van der Waals surface area (Å²) in [5, 5.41) is 0. The van der Waals surface area contributed by atoms with Gasteiger partial charge in [0.25, 0.3) is 0 Å². The number of pyridine rings is 1. The number of carbonyl (C=O) groups excluding carboxylic acids is 3. The number of hydrogen-bond acceptors (Lipinski definition) is 8. The summed E-state index contributed by atoms with van der Waals surface area (Å²) in [6.45, 7) is 11.3. The normalized spacial score (nSPS) is 20.7. The second kappa shape index (κ2) is 12.7. The van der Waals surface area contributed by atoms with Crippen LogP contribution in [0.2, 0.25) is 0 Å². The number of rotatable bonds is 10. The molecule has 1 aromatic heterocycles. The zero-order valence-corrected chi connectivity index (χ0v) is 23.5. The number of ether oxygens (including phenoxy) is 4. The highest BCUT2D eigenvalue weighted by Crippen LogP contribution is 2.41. The summed E-state index contributed by atoms with van der Waals surface area (Å²) in [5.41, 5.74) is -1.67. The van der Waals surface area contributed by atoms with Gasteiger partial charge in [0, 0.05) is 18.8 Å². The zero-order chi connectivity index (χ0) is 28.0. The van der Waals surface area contributed by atoms with Gasteiger partial charge < -0.3 is 28.4 Å². The van der Waals surface area contributed by atoms with Crippen molar-refractivity contribution in [2.75, 3.05) is 19.8 Å². The van der Waals surface area contributed by atoms with Crippen LogP contribution >= 0.6 is 0 Å². The Bertz CT molecular complexity index is 1070. The molecule has 10 nitrogen and oxygen atoms in total. The van der Waals surface area contributed by atoms with Crippen molar-refractivity contribution in [1.82, 2.24) is 9.47 Å². The maximum absolute atomic E-state index is 13.4. The van der Waals surface area contributed by atoms with Crippen LogP contribution in [0.15, 0.2) is 11.0 Å². The van der Waals surface area contributed by atoms with Crippen LogP contribution in [0.3, 0.4) is 0 Å². The van der Waals surface area contributed by atoms with Crippen LogP contribution in [-0.2, 0) is 20.8 Å². The monoisotopic (exact) mass is 534 g/mol. The minimum Gasteiger partial charge on any atom is -0.487 e. The Labute approximate surface area is 224 Å². The molecular weight excluding hydrogens is 492 g/mol. The lowest BCUT2D eigenvalue weighted by Gasteiger charge is -2.51. The molecule has 3 heterocycles. The minimum absolute atomic E-state index is 0.0232. The Kier molecular flexibility index (Phi) is 9.84. The Morgan fingerprint density at radius 3 is 2.18 bits per heavy atom. The molecular formula is C28H42N2O8. The van der Waals surface area contributed by atoms with Crippen LogP contribution in [0.1, 0.15) is 101 Å². The average molecular weight is 535 g/mol. The fraction of sp³-hybridized carbons (Fsp3) is 0.714. The molecule has 0 N–H and O–H groups in total. The lowest BCUT2D eigenvalue weighted by atomic mass is 9.74. The van der Waals surface area contributed by atoms with E-state index in [4.69, 9.17) is 18.9 Å². The predicted octanol–water partition coefficient (Wildman–Crippen LogP) is 4.56. The first-order valence-electron chi connectivity index (χ1n) is 13.8. The van der Waals surface area contributed by atoms with Gasteiger partial charge in [0.1, 0.15) is 11.2 Å². The summed E-state index contributed by atoms with van der Waals surface area (Å²) < 4.78 is 23.6. The molecule has 3 fully saturated rings. The molecule has 0 radical (unpaired) electrons. The number of esters is 2. The predicted molar refractivity (Wildman–Crippen MR) is 141 cm³/mol. The van der Waals surface area contributed by atoms with E-state index in [2.05, 4.69) is 0 Å². The van der Waals surface area contributed by atoms with Gasteiger partial charge in [-0.05, 0) is 72.6 Å². The maximum atomic E-state index is 13.4. The summed E-state index contributed by atoms with van der Waals surface area (Å²) in [6.07, 6.45) is 6.06. The van der Waals surface area contributed by atoms with Crippen molar-refractivity contribution >= 4 is 18.0 Å². The standard InChI is InChI=1S/C28H42N2O8/c1-7-10-15-37-24-22(26(33)36-9-3)29(16-20(23(24)31)25(32)35-8-2)17-21-18-11-13-19(14-12-18)30(21)27(34)38-28(4,5)6/h16,18-19,21H,7-15,17H2,1-6H3/t18?,19?,21-/m0/s1. The van der Waals surface area contributed by atoms with E-state index in [0.29, 0.717) is 6.42 Å². The number of aromatic nitrogens is 1. The second-order valence-corrected chi connectivity index (χ2v) is 10.9. The van der Waals surface area contributed by atoms with Crippen LogP contribution < -0.4 is 10.2 Å². The third kappa shape index (κ3) is 6.69. The van der Waals surface area contributed by atoms with E-state index in [0.717, 1.165) is 32.1 Å². The summed E-state index contributed by atoms with van der Waals surface area (Å²) >= 11 is 0. The number of carbonyl (C=O) groups is 3. The molecule has 1 saturated carbocycles. The van der Waals surface area contributed by atoms with Crippen molar-refractivity contribution < 1.29 is 33.3 Å². The molecule has 0 spiro atoms. The molecule has 2 aliphatic heterocycles. The smallest absolute Gasteiger partial charge is 0.410 e. The summed E-state index contributed by atoms with van der Waals surface area (Å²) in [6, 6.07) is -0.276. The first-order chi connectivity index (χ1) is 18.0. The highest BCUT2D eigenvalue weighted by Gasteiger charge is 2.46. The van der Waals surface area contributed by atoms with E-state index >= 15 is 0 Å². The van der Waals surface area contributed by atoms with E-state index in [1.807, 2.05) is 27.7 Å². The van der Waals surface area contributed by atoms with Crippen LogP contribution in [0, 0.1) is 5.92 Å². The Morgan fingerprint density at radius 2 is 1.61 bits per heavy atom. The molecule has 4 rings (SSSR count). The van der Waals surface area contributed by atoms with Gasteiger partial charge in [0.05, 0.1) is 25.9 Å². The van der Waals surface area contributed by atoms with E-state index in [1.54, 1.807) is 18.7 Å². The topological polar surface area (TPSA) is 113 Å². The Balaban J connectivity index is 2.13. The van der Waals surface area contributed by atoms with Crippen molar-refractivity contribution in [2.24, 2.45) is 5.92 Å².